The second-order valence-electron chi connectivity index (χ2n) is 3.32. The Morgan fingerprint density at radius 2 is 2.06 bits per heavy atom. The lowest BCUT2D eigenvalue weighted by Gasteiger charge is -2.17. The molecule has 0 fully saturated rings. The molecule has 0 saturated carbocycles. The normalized spacial score (nSPS) is 14.4. The van der Waals surface area contributed by atoms with Gasteiger partial charge in [-0.15, -0.1) is 11.6 Å². The number of aliphatic hydroxyl groups excluding tert-OH is 2. The van der Waals surface area contributed by atoms with E-state index in [9.17, 15) is 15.0 Å². The summed E-state index contributed by atoms with van der Waals surface area (Å²) in [5.74, 6) is -1.24. The molecule has 5 N–H and O–H groups in total. The van der Waals surface area contributed by atoms with Crippen LogP contribution in [-0.2, 0) is 0 Å². The number of aromatic carboxylic acids is 1. The lowest BCUT2D eigenvalue weighted by atomic mass is 10.0. The van der Waals surface area contributed by atoms with Crippen molar-refractivity contribution in [3.63, 3.8) is 0 Å². The Morgan fingerprint density at radius 3 is 2.50 bits per heavy atom. The van der Waals surface area contributed by atoms with Crippen molar-refractivity contribution < 1.29 is 20.1 Å². The monoisotopic (exact) mass is 245 g/mol. The quantitative estimate of drug-likeness (QED) is 0.459. The van der Waals surface area contributed by atoms with E-state index >= 15 is 0 Å². The van der Waals surface area contributed by atoms with E-state index in [0.29, 0.717) is 0 Å². The first-order valence-electron chi connectivity index (χ1n) is 4.52. The summed E-state index contributed by atoms with van der Waals surface area (Å²) < 4.78 is 0. The number of hydrogen-bond donors (Lipinski definition) is 4. The Morgan fingerprint density at radius 1 is 1.44 bits per heavy atom. The molecule has 0 radical (unpaired) electrons. The molecule has 1 rings (SSSR count). The Hall–Kier alpha value is -1.30. The lowest BCUT2D eigenvalue weighted by Crippen LogP contribution is -2.21. The summed E-state index contributed by atoms with van der Waals surface area (Å²) >= 11 is 5.39. The van der Waals surface area contributed by atoms with E-state index in [-0.39, 0.29) is 22.7 Å². The molecule has 16 heavy (non-hydrogen) atoms. The summed E-state index contributed by atoms with van der Waals surface area (Å²) in [6.45, 7) is 0. The largest absolute Gasteiger partial charge is 0.478 e. The SMILES string of the molecule is Nc1cc(C(=O)O)ccc1C(O)C(O)CCl. The number of carboxylic acids is 1. The maximum Gasteiger partial charge on any atom is 0.335 e. The number of halogens is 1. The zero-order valence-corrected chi connectivity index (χ0v) is 9.05. The van der Waals surface area contributed by atoms with Gasteiger partial charge in [-0.2, -0.15) is 0 Å². The van der Waals surface area contributed by atoms with E-state index in [1.165, 1.54) is 18.2 Å². The van der Waals surface area contributed by atoms with Crippen molar-refractivity contribution in [1.29, 1.82) is 0 Å². The molecule has 0 heterocycles. The van der Waals surface area contributed by atoms with Gasteiger partial charge in [0.25, 0.3) is 0 Å². The third-order valence-electron chi connectivity index (χ3n) is 2.17. The molecule has 88 valence electrons. The second kappa shape index (κ2) is 5.16. The first-order valence-corrected chi connectivity index (χ1v) is 5.05. The number of carboxylic acid groups (broad SMARTS) is 1. The highest BCUT2D eigenvalue weighted by Gasteiger charge is 2.20. The molecule has 0 amide bonds. The van der Waals surface area contributed by atoms with Crippen molar-refractivity contribution in [1.82, 2.24) is 0 Å². The predicted octanol–water partition coefficient (Wildman–Crippen LogP) is 0.600. The van der Waals surface area contributed by atoms with E-state index in [4.69, 9.17) is 22.4 Å². The summed E-state index contributed by atoms with van der Waals surface area (Å²) in [5, 5.41) is 27.7. The number of nitrogens with two attached hydrogens (primary N) is 1. The van der Waals surface area contributed by atoms with Gasteiger partial charge in [0.15, 0.2) is 0 Å². The molecule has 0 aliphatic rings. The third-order valence-corrected chi connectivity index (χ3v) is 2.49. The number of hydrogen-bond acceptors (Lipinski definition) is 4. The van der Waals surface area contributed by atoms with Crippen LogP contribution in [0.15, 0.2) is 18.2 Å². The number of benzene rings is 1. The molecule has 0 spiro atoms. The van der Waals surface area contributed by atoms with E-state index in [2.05, 4.69) is 0 Å². The fourth-order valence-corrected chi connectivity index (χ4v) is 1.44. The van der Waals surface area contributed by atoms with Crippen molar-refractivity contribution in [2.45, 2.75) is 12.2 Å². The fourth-order valence-electron chi connectivity index (χ4n) is 1.27. The first kappa shape index (κ1) is 12.8. The number of carbonyl (C=O) groups is 1. The molecule has 1 aromatic carbocycles. The smallest absolute Gasteiger partial charge is 0.335 e. The van der Waals surface area contributed by atoms with Crippen molar-refractivity contribution in [3.8, 4) is 0 Å². The lowest BCUT2D eigenvalue weighted by molar-refractivity contribution is 0.0331. The molecule has 0 saturated heterocycles. The Balaban J connectivity index is 3.03. The fraction of sp³-hybridized carbons (Fsp3) is 0.300. The van der Waals surface area contributed by atoms with E-state index in [1.54, 1.807) is 0 Å². The third kappa shape index (κ3) is 2.63. The highest BCUT2D eigenvalue weighted by molar-refractivity contribution is 6.18. The zero-order valence-electron chi connectivity index (χ0n) is 8.30. The number of aliphatic hydroxyl groups is 2. The van der Waals surface area contributed by atoms with Crippen LogP contribution in [0.4, 0.5) is 5.69 Å². The van der Waals surface area contributed by atoms with Gasteiger partial charge in [0.05, 0.1) is 17.5 Å². The molecule has 0 aliphatic heterocycles. The van der Waals surface area contributed by atoms with E-state index in [0.717, 1.165) is 0 Å². The molecule has 2 unspecified atom stereocenters. The molecule has 6 heteroatoms. The van der Waals surface area contributed by atoms with Crippen molar-refractivity contribution in [3.05, 3.63) is 29.3 Å². The minimum absolute atomic E-state index is 0.0220. The van der Waals surface area contributed by atoms with Crippen molar-refractivity contribution >= 4 is 23.3 Å². The highest BCUT2D eigenvalue weighted by Crippen LogP contribution is 2.24. The van der Waals surface area contributed by atoms with Gasteiger partial charge in [-0.05, 0) is 12.1 Å². The molecule has 5 nitrogen and oxygen atoms in total. The topological polar surface area (TPSA) is 104 Å². The van der Waals surface area contributed by atoms with Crippen LogP contribution < -0.4 is 5.73 Å². The number of nitrogen functional groups attached to an aromatic ring is 1. The summed E-state index contributed by atoms with van der Waals surface area (Å²) in [6, 6.07) is 3.89. The molecule has 0 bridgehead atoms. The van der Waals surface area contributed by atoms with Crippen LogP contribution in [0.25, 0.3) is 0 Å². The second-order valence-corrected chi connectivity index (χ2v) is 3.62. The van der Waals surface area contributed by atoms with Gasteiger partial charge in [0.1, 0.15) is 6.10 Å². The zero-order chi connectivity index (χ0) is 12.3. The van der Waals surface area contributed by atoms with Crippen LogP contribution in [0.3, 0.4) is 0 Å². The Kier molecular flexibility index (Phi) is 4.12. The number of alkyl halides is 1. The van der Waals surface area contributed by atoms with Gasteiger partial charge >= 0.3 is 5.97 Å². The molecule has 0 aromatic heterocycles. The molecular formula is C10H12ClNO4. The molecule has 0 aliphatic carbocycles. The highest BCUT2D eigenvalue weighted by atomic mass is 35.5. The first-order chi connectivity index (χ1) is 7.47. The standard InChI is InChI=1S/C10H12ClNO4/c11-4-8(13)9(14)6-2-1-5(10(15)16)3-7(6)12/h1-3,8-9,13-14H,4,12H2,(H,15,16). The van der Waals surface area contributed by atoms with Gasteiger partial charge in [-0.3, -0.25) is 0 Å². The van der Waals surface area contributed by atoms with E-state index < -0.39 is 18.2 Å². The van der Waals surface area contributed by atoms with Gasteiger partial charge in [0.2, 0.25) is 0 Å². The summed E-state index contributed by atoms with van der Waals surface area (Å²) in [7, 11) is 0. The molecule has 1 aromatic rings. The van der Waals surface area contributed by atoms with Crippen LogP contribution in [0.2, 0.25) is 0 Å². The predicted molar refractivity (Wildman–Crippen MR) is 59.5 cm³/mol. The summed E-state index contributed by atoms with van der Waals surface area (Å²) in [4.78, 5) is 10.6. The molecular weight excluding hydrogens is 234 g/mol. The summed E-state index contributed by atoms with van der Waals surface area (Å²) in [5.41, 5.74) is 5.97. The van der Waals surface area contributed by atoms with Gasteiger partial charge < -0.3 is 21.1 Å². The Bertz CT molecular complexity index is 396. The Labute approximate surface area is 97.1 Å². The van der Waals surface area contributed by atoms with Gasteiger partial charge in [-0.25, -0.2) is 4.79 Å². The van der Waals surface area contributed by atoms with Crippen LogP contribution in [0.1, 0.15) is 22.0 Å². The summed E-state index contributed by atoms with van der Waals surface area (Å²) in [6.07, 6.45) is -2.36. The van der Waals surface area contributed by atoms with Gasteiger partial charge in [0, 0.05) is 11.3 Å². The molecule has 2 atom stereocenters. The minimum atomic E-state index is -1.22. The van der Waals surface area contributed by atoms with Crippen molar-refractivity contribution in [2.24, 2.45) is 0 Å². The van der Waals surface area contributed by atoms with Crippen LogP contribution in [-0.4, -0.2) is 33.3 Å². The average Bonchev–Trinajstić information content (AvgIpc) is 2.26. The maximum absolute atomic E-state index is 10.6. The van der Waals surface area contributed by atoms with Crippen LogP contribution >= 0.6 is 11.6 Å². The number of rotatable bonds is 4. The van der Waals surface area contributed by atoms with Gasteiger partial charge in [-0.1, -0.05) is 6.07 Å². The maximum atomic E-state index is 10.6. The minimum Gasteiger partial charge on any atom is -0.478 e. The average molecular weight is 246 g/mol. The van der Waals surface area contributed by atoms with Crippen LogP contribution in [0.5, 0.6) is 0 Å². The van der Waals surface area contributed by atoms with E-state index in [1.807, 2.05) is 0 Å². The van der Waals surface area contributed by atoms with Crippen molar-refractivity contribution in [2.75, 3.05) is 11.6 Å². The number of anilines is 1. The van der Waals surface area contributed by atoms with Crippen LogP contribution in [0, 0.1) is 0 Å².